The first kappa shape index (κ1) is 11.4. The van der Waals surface area contributed by atoms with Crippen molar-refractivity contribution in [2.24, 2.45) is 17.6 Å². The van der Waals surface area contributed by atoms with E-state index in [9.17, 15) is 0 Å². The highest BCUT2D eigenvalue weighted by Crippen LogP contribution is 2.41. The molecule has 2 unspecified atom stereocenters. The molecule has 2 N–H and O–H groups in total. The summed E-state index contributed by atoms with van der Waals surface area (Å²) in [4.78, 5) is 0. The molecule has 0 saturated heterocycles. The average molecular weight is 209 g/mol. The Morgan fingerprint density at radius 2 is 1.73 bits per heavy atom. The summed E-state index contributed by atoms with van der Waals surface area (Å²) in [7, 11) is 0. The van der Waals surface area contributed by atoms with Gasteiger partial charge in [-0.15, -0.1) is 0 Å². The van der Waals surface area contributed by atoms with Crippen LogP contribution >= 0.6 is 0 Å². The van der Waals surface area contributed by atoms with Gasteiger partial charge >= 0.3 is 0 Å². The van der Waals surface area contributed by atoms with E-state index in [1.54, 1.807) is 0 Å². The quantitative estimate of drug-likeness (QED) is 0.687. The number of hydrogen-bond donors (Lipinski definition) is 1. The highest BCUT2D eigenvalue weighted by molar-refractivity contribution is 4.95. The zero-order valence-electron chi connectivity index (χ0n) is 10.3. The summed E-state index contributed by atoms with van der Waals surface area (Å²) in [6, 6.07) is 0. The monoisotopic (exact) mass is 209 g/mol. The molecule has 0 heterocycles. The van der Waals surface area contributed by atoms with Crippen molar-refractivity contribution in [2.75, 3.05) is 0 Å². The molecule has 0 bridgehead atoms. The molecule has 0 spiro atoms. The van der Waals surface area contributed by atoms with Gasteiger partial charge in [0.05, 0.1) is 0 Å². The van der Waals surface area contributed by atoms with Crippen LogP contribution in [-0.2, 0) is 0 Å². The van der Waals surface area contributed by atoms with E-state index in [0.29, 0.717) is 0 Å². The van der Waals surface area contributed by atoms with Crippen LogP contribution in [0.4, 0.5) is 0 Å². The molecule has 2 fully saturated rings. The van der Waals surface area contributed by atoms with E-state index >= 15 is 0 Å². The van der Waals surface area contributed by atoms with Crippen molar-refractivity contribution < 1.29 is 0 Å². The Hall–Kier alpha value is -0.0400. The third kappa shape index (κ3) is 2.55. The zero-order valence-corrected chi connectivity index (χ0v) is 10.3. The minimum atomic E-state index is 0.223. The lowest BCUT2D eigenvalue weighted by atomic mass is 9.77. The molecular formula is C14H27N. The van der Waals surface area contributed by atoms with Crippen LogP contribution in [0.15, 0.2) is 0 Å². The van der Waals surface area contributed by atoms with Gasteiger partial charge in [0.2, 0.25) is 0 Å². The van der Waals surface area contributed by atoms with Crippen molar-refractivity contribution in [2.45, 2.75) is 76.7 Å². The van der Waals surface area contributed by atoms with Gasteiger partial charge in [-0.3, -0.25) is 0 Å². The van der Waals surface area contributed by atoms with E-state index in [1.807, 2.05) is 0 Å². The fourth-order valence-corrected chi connectivity index (χ4v) is 3.78. The van der Waals surface area contributed by atoms with Crippen LogP contribution in [0.2, 0.25) is 0 Å². The third-order valence-electron chi connectivity index (χ3n) is 5.02. The third-order valence-corrected chi connectivity index (χ3v) is 5.02. The second kappa shape index (κ2) is 4.86. The van der Waals surface area contributed by atoms with Gasteiger partial charge in [0.15, 0.2) is 0 Å². The molecule has 1 nitrogen and oxygen atoms in total. The van der Waals surface area contributed by atoms with E-state index in [4.69, 9.17) is 5.73 Å². The zero-order chi connectivity index (χ0) is 10.7. The Morgan fingerprint density at radius 3 is 2.40 bits per heavy atom. The largest absolute Gasteiger partial charge is 0.325 e. The maximum absolute atomic E-state index is 6.68. The van der Waals surface area contributed by atoms with E-state index < -0.39 is 0 Å². The Labute approximate surface area is 94.8 Å². The second-order valence-corrected chi connectivity index (χ2v) is 5.92. The summed E-state index contributed by atoms with van der Waals surface area (Å²) < 4.78 is 0. The Morgan fingerprint density at radius 1 is 1.00 bits per heavy atom. The minimum Gasteiger partial charge on any atom is -0.325 e. The summed E-state index contributed by atoms with van der Waals surface area (Å²) in [5.41, 5.74) is 6.90. The molecule has 15 heavy (non-hydrogen) atoms. The van der Waals surface area contributed by atoms with Crippen LogP contribution in [0.25, 0.3) is 0 Å². The first-order valence-corrected chi connectivity index (χ1v) is 7.03. The molecule has 0 amide bonds. The predicted octanol–water partition coefficient (Wildman–Crippen LogP) is 3.86. The molecule has 1 heteroatoms. The molecular weight excluding hydrogens is 182 g/mol. The topological polar surface area (TPSA) is 26.0 Å². The summed E-state index contributed by atoms with van der Waals surface area (Å²) in [6.07, 6.45) is 13.9. The van der Waals surface area contributed by atoms with Crippen LogP contribution in [0.5, 0.6) is 0 Å². The molecule has 0 aromatic rings. The number of hydrogen-bond acceptors (Lipinski definition) is 1. The highest BCUT2D eigenvalue weighted by atomic mass is 14.8. The van der Waals surface area contributed by atoms with Crippen LogP contribution in [0.1, 0.15) is 71.1 Å². The normalized spacial score (nSPS) is 39.2. The molecule has 0 aromatic heterocycles. The SMILES string of the molecule is CCC1CCCC(N)(C2CCCC2)CC1. The van der Waals surface area contributed by atoms with Crippen LogP contribution < -0.4 is 5.73 Å². The molecule has 2 saturated carbocycles. The lowest BCUT2D eigenvalue weighted by molar-refractivity contribution is 0.238. The number of rotatable bonds is 2. The van der Waals surface area contributed by atoms with Crippen molar-refractivity contribution in [1.29, 1.82) is 0 Å². The maximum atomic E-state index is 6.68. The van der Waals surface area contributed by atoms with Crippen LogP contribution in [0, 0.1) is 11.8 Å². The van der Waals surface area contributed by atoms with Gasteiger partial charge in [0, 0.05) is 5.54 Å². The van der Waals surface area contributed by atoms with E-state index in [2.05, 4.69) is 6.92 Å². The van der Waals surface area contributed by atoms with E-state index in [0.717, 1.165) is 11.8 Å². The van der Waals surface area contributed by atoms with Gasteiger partial charge in [-0.25, -0.2) is 0 Å². The van der Waals surface area contributed by atoms with Gasteiger partial charge in [0.1, 0.15) is 0 Å². The molecule has 2 aliphatic rings. The van der Waals surface area contributed by atoms with Crippen molar-refractivity contribution in [3.63, 3.8) is 0 Å². The fraction of sp³-hybridized carbons (Fsp3) is 1.00. The van der Waals surface area contributed by atoms with Crippen molar-refractivity contribution in [3.05, 3.63) is 0 Å². The summed E-state index contributed by atoms with van der Waals surface area (Å²) in [5.74, 6) is 1.82. The lowest BCUT2D eigenvalue weighted by Crippen LogP contribution is -2.45. The summed E-state index contributed by atoms with van der Waals surface area (Å²) in [6.45, 7) is 2.34. The Kier molecular flexibility index (Phi) is 3.71. The maximum Gasteiger partial charge on any atom is 0.0182 e. The first-order chi connectivity index (χ1) is 7.24. The molecule has 0 radical (unpaired) electrons. The van der Waals surface area contributed by atoms with Gasteiger partial charge in [-0.05, 0) is 43.9 Å². The Bertz CT molecular complexity index is 196. The van der Waals surface area contributed by atoms with E-state index in [1.165, 1.54) is 64.2 Å². The average Bonchev–Trinajstić information content (AvgIpc) is 2.71. The smallest absolute Gasteiger partial charge is 0.0182 e. The van der Waals surface area contributed by atoms with Crippen LogP contribution in [0.3, 0.4) is 0 Å². The molecule has 2 rings (SSSR count). The van der Waals surface area contributed by atoms with Gasteiger partial charge in [0.25, 0.3) is 0 Å². The molecule has 2 aliphatic carbocycles. The standard InChI is InChI=1S/C14H27N/c1-2-12-6-5-10-14(15,11-9-12)13-7-3-4-8-13/h12-13H,2-11,15H2,1H3. The van der Waals surface area contributed by atoms with Crippen molar-refractivity contribution in [3.8, 4) is 0 Å². The molecule has 0 aliphatic heterocycles. The minimum absolute atomic E-state index is 0.223. The van der Waals surface area contributed by atoms with Crippen molar-refractivity contribution >= 4 is 0 Å². The molecule has 88 valence electrons. The lowest BCUT2D eigenvalue weighted by Gasteiger charge is -2.34. The second-order valence-electron chi connectivity index (χ2n) is 5.92. The van der Waals surface area contributed by atoms with Gasteiger partial charge in [-0.1, -0.05) is 39.0 Å². The summed E-state index contributed by atoms with van der Waals surface area (Å²) >= 11 is 0. The first-order valence-electron chi connectivity index (χ1n) is 7.03. The molecule has 2 atom stereocenters. The fourth-order valence-electron chi connectivity index (χ4n) is 3.78. The Balaban J connectivity index is 1.95. The van der Waals surface area contributed by atoms with Gasteiger partial charge in [-0.2, -0.15) is 0 Å². The summed E-state index contributed by atoms with van der Waals surface area (Å²) in [5, 5.41) is 0. The van der Waals surface area contributed by atoms with Crippen LogP contribution in [-0.4, -0.2) is 5.54 Å². The highest BCUT2D eigenvalue weighted by Gasteiger charge is 2.37. The predicted molar refractivity (Wildman–Crippen MR) is 65.7 cm³/mol. The van der Waals surface area contributed by atoms with E-state index in [-0.39, 0.29) is 5.54 Å². The number of nitrogens with two attached hydrogens (primary N) is 1. The molecule has 0 aromatic carbocycles. The van der Waals surface area contributed by atoms with Crippen molar-refractivity contribution in [1.82, 2.24) is 0 Å². The van der Waals surface area contributed by atoms with Gasteiger partial charge < -0.3 is 5.73 Å².